The highest BCUT2D eigenvalue weighted by Gasteiger charge is 2.39. The summed E-state index contributed by atoms with van der Waals surface area (Å²) in [6.45, 7) is 2.74. The van der Waals surface area contributed by atoms with Crippen molar-refractivity contribution < 1.29 is 4.79 Å². The SMILES string of the molecule is CNc1ccc(C(=O)NCC2(N(C)C)CCC2)cc1C. The standard InChI is InChI=1S/C16H25N3O/c1-12-10-13(6-7-14(12)17-2)15(20)18-11-16(19(3)4)8-5-9-16/h6-7,10,17H,5,8-9,11H2,1-4H3,(H,18,20). The Morgan fingerprint density at radius 1 is 1.35 bits per heavy atom. The van der Waals surface area contributed by atoms with E-state index >= 15 is 0 Å². The summed E-state index contributed by atoms with van der Waals surface area (Å²) in [6.07, 6.45) is 3.58. The molecule has 2 N–H and O–H groups in total. The van der Waals surface area contributed by atoms with Gasteiger partial charge in [0, 0.05) is 30.4 Å². The average molecular weight is 275 g/mol. The van der Waals surface area contributed by atoms with Crippen molar-refractivity contribution >= 4 is 11.6 Å². The van der Waals surface area contributed by atoms with Crippen molar-refractivity contribution in [2.24, 2.45) is 0 Å². The van der Waals surface area contributed by atoms with Gasteiger partial charge in [-0.3, -0.25) is 4.79 Å². The number of aryl methyl sites for hydroxylation is 1. The lowest BCUT2D eigenvalue weighted by atomic mass is 9.75. The molecule has 1 aliphatic carbocycles. The second-order valence-electron chi connectivity index (χ2n) is 5.93. The third kappa shape index (κ3) is 2.80. The van der Waals surface area contributed by atoms with E-state index in [0.29, 0.717) is 0 Å². The molecule has 4 heteroatoms. The Bertz CT molecular complexity index is 492. The fraction of sp³-hybridized carbons (Fsp3) is 0.562. The van der Waals surface area contributed by atoms with Crippen molar-refractivity contribution in [3.8, 4) is 0 Å². The van der Waals surface area contributed by atoms with Gasteiger partial charge >= 0.3 is 0 Å². The number of hydrogen-bond donors (Lipinski definition) is 2. The number of amides is 1. The number of hydrogen-bond acceptors (Lipinski definition) is 3. The van der Waals surface area contributed by atoms with E-state index in [1.807, 2.05) is 32.2 Å². The summed E-state index contributed by atoms with van der Waals surface area (Å²) >= 11 is 0. The molecule has 0 bridgehead atoms. The summed E-state index contributed by atoms with van der Waals surface area (Å²) in [7, 11) is 6.08. The van der Waals surface area contributed by atoms with Gasteiger partial charge in [0.2, 0.25) is 0 Å². The molecule has 110 valence electrons. The van der Waals surface area contributed by atoms with E-state index in [0.717, 1.165) is 36.2 Å². The van der Waals surface area contributed by atoms with Crippen LogP contribution in [0.25, 0.3) is 0 Å². The van der Waals surface area contributed by atoms with Gasteiger partial charge in [0.05, 0.1) is 0 Å². The summed E-state index contributed by atoms with van der Waals surface area (Å²) in [4.78, 5) is 14.5. The summed E-state index contributed by atoms with van der Waals surface area (Å²) < 4.78 is 0. The maximum atomic E-state index is 12.3. The number of carbonyl (C=O) groups is 1. The van der Waals surface area contributed by atoms with Gasteiger partial charge in [-0.05, 0) is 64.0 Å². The second-order valence-corrected chi connectivity index (χ2v) is 5.93. The number of nitrogens with zero attached hydrogens (tertiary/aromatic N) is 1. The van der Waals surface area contributed by atoms with Crippen molar-refractivity contribution in [3.05, 3.63) is 29.3 Å². The van der Waals surface area contributed by atoms with E-state index in [2.05, 4.69) is 29.6 Å². The number of benzene rings is 1. The minimum absolute atomic E-state index is 0.0175. The van der Waals surface area contributed by atoms with Gasteiger partial charge in [0.1, 0.15) is 0 Å². The topological polar surface area (TPSA) is 44.4 Å². The number of anilines is 1. The van der Waals surface area contributed by atoms with Gasteiger partial charge in [0.15, 0.2) is 0 Å². The van der Waals surface area contributed by atoms with Crippen LogP contribution < -0.4 is 10.6 Å². The maximum Gasteiger partial charge on any atom is 0.251 e. The Hall–Kier alpha value is -1.55. The Balaban J connectivity index is 2.00. The van der Waals surface area contributed by atoms with Crippen molar-refractivity contribution in [3.63, 3.8) is 0 Å². The highest BCUT2D eigenvalue weighted by atomic mass is 16.1. The highest BCUT2D eigenvalue weighted by molar-refractivity contribution is 5.95. The first kappa shape index (κ1) is 14.9. The van der Waals surface area contributed by atoms with Crippen LogP contribution in [0.2, 0.25) is 0 Å². The molecule has 4 nitrogen and oxygen atoms in total. The summed E-state index contributed by atoms with van der Waals surface area (Å²) in [5, 5.41) is 6.20. The lowest BCUT2D eigenvalue weighted by molar-refractivity contribution is 0.0557. The van der Waals surface area contributed by atoms with Crippen LogP contribution in [-0.4, -0.2) is 44.0 Å². The minimum atomic E-state index is 0.0175. The van der Waals surface area contributed by atoms with Crippen molar-refractivity contribution in [1.82, 2.24) is 10.2 Å². The number of rotatable bonds is 5. The molecule has 0 saturated heterocycles. The van der Waals surface area contributed by atoms with Gasteiger partial charge < -0.3 is 15.5 Å². The first-order chi connectivity index (χ1) is 9.48. The first-order valence-electron chi connectivity index (χ1n) is 7.22. The summed E-state index contributed by atoms with van der Waals surface area (Å²) in [5.41, 5.74) is 3.04. The molecule has 0 aromatic heterocycles. The molecule has 1 aromatic carbocycles. The van der Waals surface area contributed by atoms with E-state index in [1.54, 1.807) is 0 Å². The molecular formula is C16H25N3O. The average Bonchev–Trinajstić information content (AvgIpc) is 2.36. The number of carbonyl (C=O) groups excluding carboxylic acids is 1. The van der Waals surface area contributed by atoms with Crippen LogP contribution in [0.5, 0.6) is 0 Å². The highest BCUT2D eigenvalue weighted by Crippen LogP contribution is 2.35. The fourth-order valence-electron chi connectivity index (χ4n) is 2.80. The van der Waals surface area contributed by atoms with E-state index in [1.165, 1.54) is 6.42 Å². The van der Waals surface area contributed by atoms with Crippen LogP contribution in [-0.2, 0) is 0 Å². The molecule has 0 unspecified atom stereocenters. The second kappa shape index (κ2) is 5.83. The van der Waals surface area contributed by atoms with Gasteiger partial charge in [-0.1, -0.05) is 0 Å². The van der Waals surface area contributed by atoms with Crippen LogP contribution in [0.1, 0.15) is 35.2 Å². The Labute approximate surface area is 121 Å². The van der Waals surface area contributed by atoms with E-state index < -0.39 is 0 Å². The quantitative estimate of drug-likeness (QED) is 0.866. The third-order valence-electron chi connectivity index (χ3n) is 4.57. The van der Waals surface area contributed by atoms with Crippen molar-refractivity contribution in [1.29, 1.82) is 0 Å². The van der Waals surface area contributed by atoms with Crippen LogP contribution in [0, 0.1) is 6.92 Å². The lowest BCUT2D eigenvalue weighted by Crippen LogP contribution is -2.57. The Kier molecular flexibility index (Phi) is 4.33. The van der Waals surface area contributed by atoms with Gasteiger partial charge in [-0.2, -0.15) is 0 Å². The maximum absolute atomic E-state index is 12.3. The molecule has 0 heterocycles. The Morgan fingerprint density at radius 3 is 2.50 bits per heavy atom. The summed E-state index contributed by atoms with van der Waals surface area (Å²) in [6, 6.07) is 5.76. The zero-order valence-corrected chi connectivity index (χ0v) is 12.9. The molecular weight excluding hydrogens is 250 g/mol. The largest absolute Gasteiger partial charge is 0.388 e. The van der Waals surface area contributed by atoms with Crippen molar-refractivity contribution in [2.75, 3.05) is 33.0 Å². The number of nitrogens with one attached hydrogen (secondary N) is 2. The predicted molar refractivity (Wildman–Crippen MR) is 83.3 cm³/mol. The molecule has 0 radical (unpaired) electrons. The molecule has 0 atom stereocenters. The fourth-order valence-corrected chi connectivity index (χ4v) is 2.80. The molecule has 1 aliphatic rings. The smallest absolute Gasteiger partial charge is 0.251 e. The monoisotopic (exact) mass is 275 g/mol. The third-order valence-corrected chi connectivity index (χ3v) is 4.57. The zero-order valence-electron chi connectivity index (χ0n) is 12.9. The lowest BCUT2D eigenvalue weighted by Gasteiger charge is -2.47. The molecule has 0 aliphatic heterocycles. The first-order valence-corrected chi connectivity index (χ1v) is 7.22. The van der Waals surface area contributed by atoms with E-state index in [9.17, 15) is 4.79 Å². The molecule has 0 spiro atoms. The predicted octanol–water partition coefficient (Wildman–Crippen LogP) is 2.25. The molecule has 1 saturated carbocycles. The normalized spacial score (nSPS) is 16.6. The molecule has 1 amide bonds. The Morgan fingerprint density at radius 2 is 2.05 bits per heavy atom. The van der Waals surface area contributed by atoms with Gasteiger partial charge in [-0.15, -0.1) is 0 Å². The van der Waals surface area contributed by atoms with Crippen LogP contribution >= 0.6 is 0 Å². The minimum Gasteiger partial charge on any atom is -0.388 e. The van der Waals surface area contributed by atoms with E-state index in [-0.39, 0.29) is 11.4 Å². The van der Waals surface area contributed by atoms with Crippen LogP contribution in [0.15, 0.2) is 18.2 Å². The van der Waals surface area contributed by atoms with Crippen LogP contribution in [0.4, 0.5) is 5.69 Å². The van der Waals surface area contributed by atoms with E-state index in [4.69, 9.17) is 0 Å². The molecule has 1 fully saturated rings. The van der Waals surface area contributed by atoms with Gasteiger partial charge in [-0.25, -0.2) is 0 Å². The van der Waals surface area contributed by atoms with Gasteiger partial charge in [0.25, 0.3) is 5.91 Å². The number of likely N-dealkylation sites (N-methyl/N-ethyl adjacent to an activating group) is 1. The zero-order chi connectivity index (χ0) is 14.8. The van der Waals surface area contributed by atoms with Crippen molar-refractivity contribution in [2.45, 2.75) is 31.7 Å². The van der Waals surface area contributed by atoms with Crippen LogP contribution in [0.3, 0.4) is 0 Å². The molecule has 1 aromatic rings. The molecule has 2 rings (SSSR count). The summed E-state index contributed by atoms with van der Waals surface area (Å²) in [5.74, 6) is 0.0175. The molecule has 20 heavy (non-hydrogen) atoms.